The fourth-order valence-electron chi connectivity index (χ4n) is 2.76. The highest BCUT2D eigenvalue weighted by Gasteiger charge is 2.36. The van der Waals surface area contributed by atoms with Crippen molar-refractivity contribution in [3.05, 3.63) is 12.0 Å². The zero-order chi connectivity index (χ0) is 13.9. The molecule has 0 saturated carbocycles. The summed E-state index contributed by atoms with van der Waals surface area (Å²) in [7, 11) is 0. The standard InChI is InChI=1S/C15H27N3O/c1-5-15(6-2)7-8-18(11-15)14-17-13(10-19-14)9-16-12(3)4/h10,12,16H,5-9,11H2,1-4H3. The van der Waals surface area contributed by atoms with Gasteiger partial charge in [-0.25, -0.2) is 0 Å². The molecule has 2 rings (SSSR count). The van der Waals surface area contributed by atoms with Crippen LogP contribution in [0, 0.1) is 5.41 Å². The molecule has 1 fully saturated rings. The largest absolute Gasteiger partial charge is 0.432 e. The van der Waals surface area contributed by atoms with Crippen LogP contribution in [0.25, 0.3) is 0 Å². The summed E-state index contributed by atoms with van der Waals surface area (Å²) >= 11 is 0. The van der Waals surface area contributed by atoms with Crippen LogP contribution in [-0.4, -0.2) is 24.1 Å². The van der Waals surface area contributed by atoms with Gasteiger partial charge in [-0.1, -0.05) is 27.7 Å². The molecule has 1 aromatic rings. The lowest BCUT2D eigenvalue weighted by atomic mass is 9.82. The molecule has 108 valence electrons. The molecule has 1 aromatic heterocycles. The Morgan fingerprint density at radius 2 is 2.16 bits per heavy atom. The van der Waals surface area contributed by atoms with E-state index in [4.69, 9.17) is 4.42 Å². The zero-order valence-corrected chi connectivity index (χ0v) is 12.7. The topological polar surface area (TPSA) is 41.3 Å². The van der Waals surface area contributed by atoms with E-state index in [-0.39, 0.29) is 0 Å². The molecule has 0 atom stereocenters. The first-order chi connectivity index (χ1) is 9.08. The summed E-state index contributed by atoms with van der Waals surface area (Å²) in [5, 5.41) is 3.36. The van der Waals surface area contributed by atoms with Gasteiger partial charge in [-0.2, -0.15) is 4.98 Å². The number of hydrogen-bond acceptors (Lipinski definition) is 4. The summed E-state index contributed by atoms with van der Waals surface area (Å²) in [5.41, 5.74) is 1.46. The average Bonchev–Trinajstić information content (AvgIpc) is 3.03. The molecular formula is C15H27N3O. The van der Waals surface area contributed by atoms with E-state index in [0.29, 0.717) is 11.5 Å². The van der Waals surface area contributed by atoms with Gasteiger partial charge in [-0.05, 0) is 24.7 Å². The van der Waals surface area contributed by atoms with Gasteiger partial charge in [-0.15, -0.1) is 0 Å². The smallest absolute Gasteiger partial charge is 0.297 e. The first-order valence-corrected chi connectivity index (χ1v) is 7.51. The summed E-state index contributed by atoms with van der Waals surface area (Å²) in [6.07, 6.45) is 5.51. The van der Waals surface area contributed by atoms with Gasteiger partial charge in [0.25, 0.3) is 6.01 Å². The second-order valence-corrected chi connectivity index (χ2v) is 6.04. The third-order valence-electron chi connectivity index (χ3n) is 4.44. The summed E-state index contributed by atoms with van der Waals surface area (Å²) < 4.78 is 5.64. The quantitative estimate of drug-likeness (QED) is 0.857. The first-order valence-electron chi connectivity index (χ1n) is 7.51. The van der Waals surface area contributed by atoms with E-state index in [1.54, 1.807) is 6.26 Å². The minimum atomic E-state index is 0.463. The fraction of sp³-hybridized carbons (Fsp3) is 0.800. The van der Waals surface area contributed by atoms with Gasteiger partial charge in [0.15, 0.2) is 0 Å². The van der Waals surface area contributed by atoms with E-state index in [1.165, 1.54) is 19.3 Å². The molecule has 2 heterocycles. The second-order valence-electron chi connectivity index (χ2n) is 6.04. The van der Waals surface area contributed by atoms with Crippen molar-refractivity contribution in [3.8, 4) is 0 Å². The van der Waals surface area contributed by atoms with Gasteiger partial charge in [0, 0.05) is 25.7 Å². The van der Waals surface area contributed by atoms with E-state index in [2.05, 4.69) is 42.9 Å². The number of hydrogen-bond donors (Lipinski definition) is 1. The second kappa shape index (κ2) is 5.95. The molecule has 19 heavy (non-hydrogen) atoms. The minimum absolute atomic E-state index is 0.463. The molecule has 1 N–H and O–H groups in total. The molecule has 0 unspecified atom stereocenters. The Kier molecular flexibility index (Phi) is 4.50. The molecule has 1 saturated heterocycles. The van der Waals surface area contributed by atoms with Crippen LogP contribution in [0.5, 0.6) is 0 Å². The van der Waals surface area contributed by atoms with Crippen molar-refractivity contribution in [2.45, 2.75) is 59.5 Å². The number of nitrogens with one attached hydrogen (secondary N) is 1. The van der Waals surface area contributed by atoms with Crippen LogP contribution in [0.4, 0.5) is 6.01 Å². The number of anilines is 1. The predicted octanol–water partition coefficient (Wildman–Crippen LogP) is 3.19. The van der Waals surface area contributed by atoms with Crippen molar-refractivity contribution in [1.29, 1.82) is 0 Å². The van der Waals surface area contributed by atoms with Crippen LogP contribution in [0.1, 0.15) is 52.7 Å². The molecule has 0 aliphatic carbocycles. The fourth-order valence-corrected chi connectivity index (χ4v) is 2.76. The Bertz CT molecular complexity index is 396. The van der Waals surface area contributed by atoms with Crippen LogP contribution in [-0.2, 0) is 6.54 Å². The highest BCUT2D eigenvalue weighted by Crippen LogP contribution is 2.38. The lowest BCUT2D eigenvalue weighted by Gasteiger charge is -2.25. The summed E-state index contributed by atoms with van der Waals surface area (Å²) in [5.74, 6) is 0. The van der Waals surface area contributed by atoms with Crippen molar-refractivity contribution in [1.82, 2.24) is 10.3 Å². The van der Waals surface area contributed by atoms with Crippen molar-refractivity contribution < 1.29 is 4.42 Å². The van der Waals surface area contributed by atoms with Crippen LogP contribution >= 0.6 is 0 Å². The Hall–Kier alpha value is -1.03. The third kappa shape index (κ3) is 3.30. The van der Waals surface area contributed by atoms with E-state index in [1.807, 2.05) is 0 Å². The van der Waals surface area contributed by atoms with Gasteiger partial charge in [0.2, 0.25) is 0 Å². The first kappa shape index (κ1) is 14.4. The SMILES string of the molecule is CCC1(CC)CCN(c2nc(CNC(C)C)co2)C1. The van der Waals surface area contributed by atoms with E-state index in [0.717, 1.165) is 31.3 Å². The molecular weight excluding hydrogens is 238 g/mol. The van der Waals surface area contributed by atoms with Crippen molar-refractivity contribution in [3.63, 3.8) is 0 Å². The maximum absolute atomic E-state index is 5.64. The van der Waals surface area contributed by atoms with Gasteiger partial charge >= 0.3 is 0 Å². The maximum Gasteiger partial charge on any atom is 0.297 e. The molecule has 0 bridgehead atoms. The molecule has 0 aromatic carbocycles. The molecule has 0 amide bonds. The van der Waals surface area contributed by atoms with Gasteiger partial charge in [-0.3, -0.25) is 0 Å². The molecule has 0 radical (unpaired) electrons. The molecule has 4 heteroatoms. The highest BCUT2D eigenvalue weighted by molar-refractivity contribution is 5.30. The Morgan fingerprint density at radius 1 is 1.42 bits per heavy atom. The average molecular weight is 265 g/mol. The molecule has 1 aliphatic heterocycles. The van der Waals surface area contributed by atoms with Gasteiger partial charge in [0.05, 0.1) is 5.69 Å². The zero-order valence-electron chi connectivity index (χ0n) is 12.7. The highest BCUT2D eigenvalue weighted by atomic mass is 16.4. The summed E-state index contributed by atoms with van der Waals surface area (Å²) in [6, 6.07) is 1.27. The lowest BCUT2D eigenvalue weighted by molar-refractivity contribution is 0.300. The lowest BCUT2D eigenvalue weighted by Crippen LogP contribution is -2.26. The summed E-state index contributed by atoms with van der Waals surface area (Å²) in [4.78, 5) is 6.89. The Balaban J connectivity index is 1.96. The number of nitrogens with zero attached hydrogens (tertiary/aromatic N) is 2. The van der Waals surface area contributed by atoms with E-state index < -0.39 is 0 Å². The monoisotopic (exact) mass is 265 g/mol. The maximum atomic E-state index is 5.64. The van der Waals surface area contributed by atoms with Crippen LogP contribution in [0.3, 0.4) is 0 Å². The number of aromatic nitrogens is 1. The number of rotatable bonds is 6. The number of oxazole rings is 1. The van der Waals surface area contributed by atoms with Crippen molar-refractivity contribution in [2.24, 2.45) is 5.41 Å². The molecule has 4 nitrogen and oxygen atoms in total. The third-order valence-corrected chi connectivity index (χ3v) is 4.44. The van der Waals surface area contributed by atoms with Crippen molar-refractivity contribution in [2.75, 3.05) is 18.0 Å². The van der Waals surface area contributed by atoms with Gasteiger partial charge in [0.1, 0.15) is 6.26 Å². The predicted molar refractivity (Wildman–Crippen MR) is 78.3 cm³/mol. The molecule has 0 spiro atoms. The summed E-state index contributed by atoms with van der Waals surface area (Å²) in [6.45, 7) is 11.8. The van der Waals surface area contributed by atoms with Crippen molar-refractivity contribution >= 4 is 6.01 Å². The molecule has 1 aliphatic rings. The minimum Gasteiger partial charge on any atom is -0.432 e. The van der Waals surface area contributed by atoms with Crippen LogP contribution in [0.15, 0.2) is 10.7 Å². The Labute approximate surface area is 116 Å². The van der Waals surface area contributed by atoms with Crippen LogP contribution < -0.4 is 10.2 Å². The van der Waals surface area contributed by atoms with Gasteiger partial charge < -0.3 is 14.6 Å². The van der Waals surface area contributed by atoms with Crippen LogP contribution in [0.2, 0.25) is 0 Å². The normalized spacial score (nSPS) is 18.5. The van der Waals surface area contributed by atoms with E-state index >= 15 is 0 Å². The van der Waals surface area contributed by atoms with E-state index in [9.17, 15) is 0 Å². The Morgan fingerprint density at radius 3 is 2.74 bits per heavy atom.